The molecule has 1 aromatic carbocycles. The van der Waals surface area contributed by atoms with Crippen molar-refractivity contribution in [3.63, 3.8) is 0 Å². The van der Waals surface area contributed by atoms with Crippen LogP contribution >= 0.6 is 11.3 Å². The number of carbonyl (C=O) groups is 1. The molecule has 0 atom stereocenters. The van der Waals surface area contributed by atoms with E-state index in [0.717, 1.165) is 28.0 Å². The van der Waals surface area contributed by atoms with Gasteiger partial charge in [0.2, 0.25) is 0 Å². The highest BCUT2D eigenvalue weighted by molar-refractivity contribution is 7.15. The summed E-state index contributed by atoms with van der Waals surface area (Å²) in [5.74, 6) is 1.34. The lowest BCUT2D eigenvalue weighted by molar-refractivity contribution is 0.111. The first-order valence-corrected chi connectivity index (χ1v) is 7.17. The van der Waals surface area contributed by atoms with Gasteiger partial charge >= 0.3 is 0 Å². The molecule has 0 radical (unpaired) electrons. The molecule has 0 saturated heterocycles. The summed E-state index contributed by atoms with van der Waals surface area (Å²) in [6, 6.07) is 7.44. The molecule has 4 rings (SSSR count). The lowest BCUT2D eigenvalue weighted by atomic mass is 10.2. The van der Waals surface area contributed by atoms with Crippen molar-refractivity contribution in [2.24, 2.45) is 0 Å². The predicted octanol–water partition coefficient (Wildman–Crippen LogP) is 3.63. The zero-order valence-electron chi connectivity index (χ0n) is 11.1. The lowest BCUT2D eigenvalue weighted by Crippen LogP contribution is -1.88. The number of rotatable bonds is 3. The molecule has 104 valence electrons. The van der Waals surface area contributed by atoms with Gasteiger partial charge in [0.1, 0.15) is 22.7 Å². The van der Waals surface area contributed by atoms with Gasteiger partial charge < -0.3 is 9.15 Å². The van der Waals surface area contributed by atoms with Crippen LogP contribution in [0.25, 0.3) is 27.4 Å². The van der Waals surface area contributed by atoms with Crippen LogP contribution < -0.4 is 4.74 Å². The Morgan fingerprint density at radius 3 is 3.10 bits per heavy atom. The number of hydrogen-bond acceptors (Lipinski definition) is 5. The van der Waals surface area contributed by atoms with Crippen LogP contribution in [-0.2, 0) is 0 Å². The second kappa shape index (κ2) is 4.46. The number of hydrogen-bond donors (Lipinski definition) is 0. The topological polar surface area (TPSA) is 56.7 Å². The SMILES string of the molecule is COc1ccc2oc(-c3nc4sccn4c3C=O)cc2c1. The number of aromatic nitrogens is 2. The van der Waals surface area contributed by atoms with Crippen molar-refractivity contribution in [2.75, 3.05) is 7.11 Å². The first kappa shape index (κ1) is 12.2. The zero-order chi connectivity index (χ0) is 14.4. The average Bonchev–Trinajstić information content (AvgIpc) is 3.18. The first-order chi connectivity index (χ1) is 10.3. The lowest BCUT2D eigenvalue weighted by Gasteiger charge is -1.96. The van der Waals surface area contributed by atoms with Gasteiger partial charge in [0.15, 0.2) is 17.0 Å². The summed E-state index contributed by atoms with van der Waals surface area (Å²) in [7, 11) is 1.62. The highest BCUT2D eigenvalue weighted by atomic mass is 32.1. The second-order valence-electron chi connectivity index (χ2n) is 4.53. The number of aldehydes is 1. The van der Waals surface area contributed by atoms with Gasteiger partial charge in [-0.05, 0) is 24.3 Å². The van der Waals surface area contributed by atoms with E-state index in [1.54, 1.807) is 11.5 Å². The number of methoxy groups -OCH3 is 1. The molecule has 0 spiro atoms. The van der Waals surface area contributed by atoms with Gasteiger partial charge in [-0.3, -0.25) is 9.20 Å². The molecule has 0 bridgehead atoms. The van der Waals surface area contributed by atoms with E-state index in [9.17, 15) is 4.79 Å². The predicted molar refractivity (Wildman–Crippen MR) is 80.2 cm³/mol. The minimum atomic E-state index is 0.497. The van der Waals surface area contributed by atoms with Gasteiger partial charge in [-0.15, -0.1) is 11.3 Å². The summed E-state index contributed by atoms with van der Waals surface area (Å²) in [6.45, 7) is 0. The molecule has 0 aliphatic heterocycles. The third-order valence-electron chi connectivity index (χ3n) is 3.37. The molecule has 4 aromatic rings. The summed E-state index contributed by atoms with van der Waals surface area (Å²) in [5.41, 5.74) is 1.79. The van der Waals surface area contributed by atoms with E-state index in [2.05, 4.69) is 4.98 Å². The van der Waals surface area contributed by atoms with Crippen molar-refractivity contribution in [3.8, 4) is 17.2 Å². The van der Waals surface area contributed by atoms with Crippen LogP contribution in [0.1, 0.15) is 10.5 Å². The Labute approximate surface area is 123 Å². The summed E-state index contributed by atoms with van der Waals surface area (Å²) >= 11 is 1.48. The van der Waals surface area contributed by atoms with Crippen LogP contribution in [0, 0.1) is 0 Å². The van der Waals surface area contributed by atoms with Crippen LogP contribution in [0.15, 0.2) is 40.3 Å². The number of benzene rings is 1. The van der Waals surface area contributed by atoms with Gasteiger partial charge in [-0.2, -0.15) is 0 Å². The maximum absolute atomic E-state index is 11.4. The summed E-state index contributed by atoms with van der Waals surface area (Å²) in [6.07, 6.45) is 2.63. The number of carbonyl (C=O) groups excluding carboxylic acids is 1. The maximum Gasteiger partial charge on any atom is 0.194 e. The molecule has 0 saturated carbocycles. The van der Waals surface area contributed by atoms with Gasteiger partial charge in [0, 0.05) is 17.0 Å². The molecule has 0 fully saturated rings. The zero-order valence-corrected chi connectivity index (χ0v) is 11.9. The fourth-order valence-corrected chi connectivity index (χ4v) is 3.08. The Balaban J connectivity index is 1.95. The minimum Gasteiger partial charge on any atom is -0.497 e. The Hall–Kier alpha value is -2.60. The van der Waals surface area contributed by atoms with Crippen molar-refractivity contribution in [3.05, 3.63) is 41.5 Å². The van der Waals surface area contributed by atoms with Crippen molar-refractivity contribution >= 4 is 33.6 Å². The number of fused-ring (bicyclic) bond motifs is 2. The van der Waals surface area contributed by atoms with Crippen molar-refractivity contribution in [1.29, 1.82) is 0 Å². The monoisotopic (exact) mass is 298 g/mol. The fourth-order valence-electron chi connectivity index (χ4n) is 2.36. The van der Waals surface area contributed by atoms with Crippen LogP contribution in [0.5, 0.6) is 5.75 Å². The summed E-state index contributed by atoms with van der Waals surface area (Å²) < 4.78 is 12.8. The Morgan fingerprint density at radius 1 is 1.38 bits per heavy atom. The number of nitrogens with zero attached hydrogens (tertiary/aromatic N) is 2. The van der Waals surface area contributed by atoms with Crippen molar-refractivity contribution in [2.45, 2.75) is 0 Å². The molecule has 3 aromatic heterocycles. The van der Waals surface area contributed by atoms with E-state index >= 15 is 0 Å². The third-order valence-corrected chi connectivity index (χ3v) is 4.12. The number of ether oxygens (including phenoxy) is 1. The van der Waals surface area contributed by atoms with E-state index in [-0.39, 0.29) is 0 Å². The largest absolute Gasteiger partial charge is 0.497 e. The number of furan rings is 1. The van der Waals surface area contributed by atoms with E-state index in [0.29, 0.717) is 17.1 Å². The number of thiazole rings is 1. The maximum atomic E-state index is 11.4. The average molecular weight is 298 g/mol. The van der Waals surface area contributed by atoms with Gasteiger partial charge in [0.25, 0.3) is 0 Å². The van der Waals surface area contributed by atoms with E-state index in [1.165, 1.54) is 11.3 Å². The van der Waals surface area contributed by atoms with Crippen molar-refractivity contribution < 1.29 is 13.9 Å². The molecule has 0 N–H and O–H groups in total. The van der Waals surface area contributed by atoms with Gasteiger partial charge in [-0.25, -0.2) is 4.98 Å². The first-order valence-electron chi connectivity index (χ1n) is 6.29. The molecular formula is C15H10N2O3S. The Morgan fingerprint density at radius 2 is 2.29 bits per heavy atom. The van der Waals surface area contributed by atoms with Gasteiger partial charge in [0.05, 0.1) is 7.11 Å². The summed E-state index contributed by atoms with van der Waals surface area (Å²) in [4.78, 5) is 16.6. The Bertz CT molecular complexity index is 964. The smallest absolute Gasteiger partial charge is 0.194 e. The van der Waals surface area contributed by atoms with Crippen LogP contribution in [0.3, 0.4) is 0 Å². The molecule has 0 aliphatic rings. The Kier molecular flexibility index (Phi) is 2.58. The molecule has 5 nitrogen and oxygen atoms in total. The van der Waals surface area contributed by atoms with Crippen LogP contribution in [0.4, 0.5) is 0 Å². The third kappa shape index (κ3) is 1.76. The minimum absolute atomic E-state index is 0.497. The molecule has 6 heteroatoms. The van der Waals surface area contributed by atoms with Crippen molar-refractivity contribution in [1.82, 2.24) is 9.38 Å². The second-order valence-corrected chi connectivity index (χ2v) is 5.41. The van der Waals surface area contributed by atoms with Crippen LogP contribution in [-0.4, -0.2) is 22.8 Å². The van der Waals surface area contributed by atoms with Crippen LogP contribution in [0.2, 0.25) is 0 Å². The van der Waals surface area contributed by atoms with E-state index in [1.807, 2.05) is 35.8 Å². The molecule has 21 heavy (non-hydrogen) atoms. The molecule has 3 heterocycles. The highest BCUT2D eigenvalue weighted by Crippen LogP contribution is 2.32. The standard InChI is InChI=1S/C15H10N2O3S/c1-19-10-2-3-12-9(6-10)7-13(20-12)14-11(8-18)17-4-5-21-15(17)16-14/h2-8H,1H3. The fraction of sp³-hybridized carbons (Fsp3) is 0.0667. The highest BCUT2D eigenvalue weighted by Gasteiger charge is 2.18. The molecule has 0 unspecified atom stereocenters. The normalized spacial score (nSPS) is 11.3. The molecule has 0 aliphatic carbocycles. The molecular weight excluding hydrogens is 288 g/mol. The molecule has 0 amide bonds. The van der Waals surface area contributed by atoms with E-state index < -0.39 is 0 Å². The van der Waals surface area contributed by atoms with Gasteiger partial charge in [-0.1, -0.05) is 0 Å². The quantitative estimate of drug-likeness (QED) is 0.542. The number of imidazole rings is 1. The summed E-state index contributed by atoms with van der Waals surface area (Å²) in [5, 5.41) is 2.81. The van der Waals surface area contributed by atoms with E-state index in [4.69, 9.17) is 9.15 Å².